The maximum absolute atomic E-state index is 2.80. The van der Waals surface area contributed by atoms with E-state index in [1.54, 1.807) is 0 Å². The molecular weight excluding hydrogens is 232 g/mol. The van der Waals surface area contributed by atoms with Gasteiger partial charge in [0.1, 0.15) is 0 Å². The fraction of sp³-hybridized carbons (Fsp3) is 1.00. The van der Waals surface area contributed by atoms with Crippen LogP contribution in [0.25, 0.3) is 0 Å². The molecule has 2 heteroatoms. The van der Waals surface area contributed by atoms with Crippen LogP contribution in [0, 0.1) is 11.8 Å². The first-order valence-electron chi connectivity index (χ1n) is 8.77. The Bertz CT molecular complexity index is 256. The van der Waals surface area contributed by atoms with E-state index >= 15 is 0 Å². The van der Waals surface area contributed by atoms with Crippen molar-refractivity contribution in [1.29, 1.82) is 0 Å². The summed E-state index contributed by atoms with van der Waals surface area (Å²) in [4.78, 5) is 5.55. The lowest BCUT2D eigenvalue weighted by Crippen LogP contribution is -2.51. The van der Waals surface area contributed by atoms with E-state index in [9.17, 15) is 0 Å². The van der Waals surface area contributed by atoms with Crippen molar-refractivity contribution in [3.63, 3.8) is 0 Å². The lowest BCUT2D eigenvalue weighted by atomic mass is 9.86. The van der Waals surface area contributed by atoms with Crippen LogP contribution in [0.4, 0.5) is 0 Å². The Morgan fingerprint density at radius 2 is 1.42 bits per heavy atom. The third-order valence-corrected chi connectivity index (χ3v) is 5.90. The van der Waals surface area contributed by atoms with E-state index < -0.39 is 0 Å². The van der Waals surface area contributed by atoms with Crippen molar-refractivity contribution >= 4 is 0 Å². The van der Waals surface area contributed by atoms with Crippen LogP contribution in [0.2, 0.25) is 0 Å². The van der Waals surface area contributed by atoms with Crippen LogP contribution < -0.4 is 0 Å². The van der Waals surface area contributed by atoms with Crippen molar-refractivity contribution in [1.82, 2.24) is 9.80 Å². The highest BCUT2D eigenvalue weighted by atomic mass is 15.3. The molecule has 3 rings (SSSR count). The Balaban J connectivity index is 1.39. The molecule has 2 aliphatic carbocycles. The zero-order chi connectivity index (χ0) is 13.1. The summed E-state index contributed by atoms with van der Waals surface area (Å²) in [5.74, 6) is 2.02. The predicted octanol–water partition coefficient (Wildman–Crippen LogP) is 3.37. The van der Waals surface area contributed by atoms with Crippen LogP contribution in [0.1, 0.15) is 58.3 Å². The van der Waals surface area contributed by atoms with Gasteiger partial charge in [0.05, 0.1) is 0 Å². The van der Waals surface area contributed by atoms with E-state index in [1.165, 1.54) is 84.1 Å². The molecule has 110 valence electrons. The molecule has 1 aliphatic heterocycles. The van der Waals surface area contributed by atoms with Gasteiger partial charge in [0.25, 0.3) is 0 Å². The van der Waals surface area contributed by atoms with Crippen LogP contribution in [0.15, 0.2) is 0 Å². The highest BCUT2D eigenvalue weighted by Gasteiger charge is 2.28. The summed E-state index contributed by atoms with van der Waals surface area (Å²) in [7, 11) is 0. The fourth-order valence-corrected chi connectivity index (χ4v) is 4.48. The first-order chi connectivity index (χ1) is 9.31. The summed E-state index contributed by atoms with van der Waals surface area (Å²) in [6.07, 6.45) is 11.8. The zero-order valence-electron chi connectivity index (χ0n) is 12.8. The van der Waals surface area contributed by atoms with Crippen molar-refractivity contribution in [2.75, 3.05) is 32.7 Å². The number of piperazine rings is 1. The lowest BCUT2D eigenvalue weighted by molar-refractivity contribution is 0.0653. The van der Waals surface area contributed by atoms with Crippen molar-refractivity contribution in [3.8, 4) is 0 Å². The molecule has 19 heavy (non-hydrogen) atoms. The van der Waals surface area contributed by atoms with E-state index in [4.69, 9.17) is 0 Å². The van der Waals surface area contributed by atoms with E-state index in [0.29, 0.717) is 0 Å². The summed E-state index contributed by atoms with van der Waals surface area (Å²) >= 11 is 0. The maximum Gasteiger partial charge on any atom is 0.0113 e. The minimum Gasteiger partial charge on any atom is -0.301 e. The van der Waals surface area contributed by atoms with E-state index in [1.807, 2.05) is 0 Å². The van der Waals surface area contributed by atoms with Crippen LogP contribution in [0.3, 0.4) is 0 Å². The maximum atomic E-state index is 2.80. The molecule has 2 nitrogen and oxygen atoms in total. The molecule has 2 saturated carbocycles. The monoisotopic (exact) mass is 264 g/mol. The number of hydrogen-bond donors (Lipinski definition) is 0. The van der Waals surface area contributed by atoms with Gasteiger partial charge in [0.15, 0.2) is 0 Å². The van der Waals surface area contributed by atoms with Gasteiger partial charge in [-0.3, -0.25) is 4.90 Å². The molecule has 0 aromatic heterocycles. The summed E-state index contributed by atoms with van der Waals surface area (Å²) in [6, 6.07) is 0.921. The van der Waals surface area contributed by atoms with E-state index in [-0.39, 0.29) is 0 Å². The van der Waals surface area contributed by atoms with Gasteiger partial charge >= 0.3 is 0 Å². The SMILES string of the molecule is C[C@H]1CC[C@H](N2CCN(CC3CCCC3)CC2)CC1. The Labute approximate surface area is 119 Å². The van der Waals surface area contributed by atoms with Crippen molar-refractivity contribution in [3.05, 3.63) is 0 Å². The van der Waals surface area contributed by atoms with E-state index in [0.717, 1.165) is 17.9 Å². The summed E-state index contributed by atoms with van der Waals surface area (Å²) in [6.45, 7) is 9.17. The standard InChI is InChI=1S/C17H32N2/c1-15-6-8-17(9-7-15)19-12-10-18(11-13-19)14-16-4-2-3-5-16/h15-17H,2-14H2,1H3/t15-,17-. The minimum absolute atomic E-state index is 0.921. The average Bonchev–Trinajstić information content (AvgIpc) is 2.94. The third-order valence-electron chi connectivity index (χ3n) is 5.90. The molecule has 0 N–H and O–H groups in total. The molecule has 0 unspecified atom stereocenters. The van der Waals surface area contributed by atoms with Gasteiger partial charge in [-0.25, -0.2) is 0 Å². The van der Waals surface area contributed by atoms with Crippen LogP contribution in [-0.2, 0) is 0 Å². The first-order valence-corrected chi connectivity index (χ1v) is 8.77. The van der Waals surface area contributed by atoms with Crippen molar-refractivity contribution in [2.45, 2.75) is 64.3 Å². The molecule has 0 spiro atoms. The lowest BCUT2D eigenvalue weighted by Gasteiger charge is -2.42. The molecule has 0 aromatic rings. The molecule has 1 heterocycles. The summed E-state index contributed by atoms with van der Waals surface area (Å²) < 4.78 is 0. The quantitative estimate of drug-likeness (QED) is 0.771. The largest absolute Gasteiger partial charge is 0.301 e. The average molecular weight is 264 g/mol. The summed E-state index contributed by atoms with van der Waals surface area (Å²) in [5, 5.41) is 0. The number of rotatable bonds is 3. The molecular formula is C17H32N2. The van der Waals surface area contributed by atoms with Gasteiger partial charge in [0, 0.05) is 38.8 Å². The van der Waals surface area contributed by atoms with Crippen LogP contribution in [-0.4, -0.2) is 48.6 Å². The molecule has 0 radical (unpaired) electrons. The smallest absolute Gasteiger partial charge is 0.0113 e. The number of hydrogen-bond acceptors (Lipinski definition) is 2. The Kier molecular flexibility index (Phi) is 4.81. The molecule has 0 amide bonds. The topological polar surface area (TPSA) is 6.48 Å². The Morgan fingerprint density at radius 3 is 2.05 bits per heavy atom. The van der Waals surface area contributed by atoms with Gasteiger partial charge in [-0.1, -0.05) is 19.8 Å². The molecule has 0 aromatic carbocycles. The molecule has 1 saturated heterocycles. The first kappa shape index (κ1) is 13.9. The fourth-order valence-electron chi connectivity index (χ4n) is 4.48. The highest BCUT2D eigenvalue weighted by molar-refractivity contribution is 4.83. The second-order valence-electron chi connectivity index (χ2n) is 7.40. The highest BCUT2D eigenvalue weighted by Crippen LogP contribution is 2.29. The van der Waals surface area contributed by atoms with Gasteiger partial charge in [-0.15, -0.1) is 0 Å². The Morgan fingerprint density at radius 1 is 0.789 bits per heavy atom. The van der Waals surface area contributed by atoms with Gasteiger partial charge in [-0.05, 0) is 50.4 Å². The van der Waals surface area contributed by atoms with Gasteiger partial charge in [0.2, 0.25) is 0 Å². The van der Waals surface area contributed by atoms with Crippen LogP contribution in [0.5, 0.6) is 0 Å². The number of nitrogens with zero attached hydrogens (tertiary/aromatic N) is 2. The molecule has 0 bridgehead atoms. The molecule has 3 aliphatic rings. The van der Waals surface area contributed by atoms with Crippen molar-refractivity contribution in [2.24, 2.45) is 11.8 Å². The van der Waals surface area contributed by atoms with Gasteiger partial charge in [-0.2, -0.15) is 0 Å². The van der Waals surface area contributed by atoms with Gasteiger partial charge < -0.3 is 4.90 Å². The Hall–Kier alpha value is -0.0800. The van der Waals surface area contributed by atoms with Crippen molar-refractivity contribution < 1.29 is 0 Å². The second kappa shape index (κ2) is 6.58. The van der Waals surface area contributed by atoms with E-state index in [2.05, 4.69) is 16.7 Å². The molecule has 3 fully saturated rings. The third kappa shape index (κ3) is 3.72. The predicted molar refractivity (Wildman–Crippen MR) is 81.4 cm³/mol. The zero-order valence-corrected chi connectivity index (χ0v) is 12.8. The second-order valence-corrected chi connectivity index (χ2v) is 7.40. The summed E-state index contributed by atoms with van der Waals surface area (Å²) in [5.41, 5.74) is 0. The van der Waals surface area contributed by atoms with Crippen LogP contribution >= 0.6 is 0 Å². The minimum atomic E-state index is 0.921. The normalized spacial score (nSPS) is 35.8. The molecule has 0 atom stereocenters.